The number of fused-ring (bicyclic) bond motifs is 3. The third-order valence-electron chi connectivity index (χ3n) is 7.04. The van der Waals surface area contributed by atoms with Crippen molar-refractivity contribution in [1.82, 2.24) is 24.8 Å². The van der Waals surface area contributed by atoms with E-state index in [0.717, 1.165) is 66.0 Å². The number of hydrogen-bond acceptors (Lipinski definition) is 5. The molecule has 1 fully saturated rings. The number of aromatic amines is 1. The van der Waals surface area contributed by atoms with Crippen LogP contribution in [0, 0.1) is 11.6 Å². The van der Waals surface area contributed by atoms with E-state index in [1.54, 1.807) is 12.4 Å². The molecule has 188 valence electrons. The molecule has 0 radical (unpaired) electrons. The van der Waals surface area contributed by atoms with Gasteiger partial charge in [0.1, 0.15) is 17.4 Å². The number of nitrogens with zero attached hydrogens (tertiary/aromatic N) is 5. The predicted octanol–water partition coefficient (Wildman–Crippen LogP) is 4.24. The van der Waals surface area contributed by atoms with Crippen molar-refractivity contribution in [2.75, 3.05) is 50.7 Å². The fourth-order valence-electron chi connectivity index (χ4n) is 4.99. The van der Waals surface area contributed by atoms with Crippen molar-refractivity contribution in [3.8, 4) is 0 Å². The predicted molar refractivity (Wildman–Crippen MR) is 137 cm³/mol. The van der Waals surface area contributed by atoms with E-state index < -0.39 is 11.6 Å². The molecule has 0 saturated carbocycles. The summed E-state index contributed by atoms with van der Waals surface area (Å²) < 4.78 is 26.7. The van der Waals surface area contributed by atoms with Crippen molar-refractivity contribution in [2.24, 2.45) is 0 Å². The quantitative estimate of drug-likeness (QED) is 0.418. The molecule has 2 aromatic carbocycles. The maximum atomic E-state index is 13.5. The highest BCUT2D eigenvalue weighted by Gasteiger charge is 2.24. The van der Waals surface area contributed by atoms with Gasteiger partial charge in [0.2, 0.25) is 0 Å². The van der Waals surface area contributed by atoms with Gasteiger partial charge in [-0.05, 0) is 50.1 Å². The molecule has 4 aromatic rings. The molecule has 0 spiro atoms. The first-order valence-corrected chi connectivity index (χ1v) is 12.5. The molecule has 0 atom stereocenters. The van der Waals surface area contributed by atoms with E-state index in [4.69, 9.17) is 0 Å². The smallest absolute Gasteiger partial charge is 0.254 e. The highest BCUT2D eigenvalue weighted by atomic mass is 19.2. The number of amides is 1. The fraction of sp³-hybridized carbons (Fsp3) is 0.370. The van der Waals surface area contributed by atoms with Gasteiger partial charge in [0.15, 0.2) is 17.5 Å². The van der Waals surface area contributed by atoms with Crippen LogP contribution in [0.2, 0.25) is 0 Å². The first-order valence-electron chi connectivity index (χ1n) is 12.5. The van der Waals surface area contributed by atoms with Crippen LogP contribution in [0.5, 0.6) is 0 Å². The molecule has 36 heavy (non-hydrogen) atoms. The van der Waals surface area contributed by atoms with Crippen LogP contribution >= 0.6 is 0 Å². The molecular formula is C27H30F2N6O. The van der Waals surface area contributed by atoms with Gasteiger partial charge in [0.05, 0.1) is 5.56 Å². The van der Waals surface area contributed by atoms with Gasteiger partial charge < -0.3 is 14.8 Å². The van der Waals surface area contributed by atoms with Crippen molar-refractivity contribution in [1.29, 1.82) is 0 Å². The lowest BCUT2D eigenvalue weighted by Crippen LogP contribution is -2.47. The second kappa shape index (κ2) is 10.2. The lowest BCUT2D eigenvalue weighted by atomic mass is 10.1. The Kier molecular flexibility index (Phi) is 6.82. The van der Waals surface area contributed by atoms with Crippen molar-refractivity contribution in [3.05, 3.63) is 65.5 Å². The molecule has 1 aliphatic rings. The number of piperazine rings is 1. The van der Waals surface area contributed by atoms with Gasteiger partial charge in [-0.25, -0.2) is 18.7 Å². The molecule has 0 aliphatic carbocycles. The third kappa shape index (κ3) is 4.51. The first-order chi connectivity index (χ1) is 17.5. The fourth-order valence-corrected chi connectivity index (χ4v) is 4.99. The first kappa shape index (κ1) is 24.1. The van der Waals surface area contributed by atoms with Crippen LogP contribution in [-0.4, -0.2) is 76.5 Å². The van der Waals surface area contributed by atoms with Gasteiger partial charge in [-0.1, -0.05) is 12.1 Å². The summed E-state index contributed by atoms with van der Waals surface area (Å²) in [6.07, 6.45) is 2.24. The van der Waals surface area contributed by atoms with E-state index in [9.17, 15) is 13.6 Å². The van der Waals surface area contributed by atoms with Gasteiger partial charge >= 0.3 is 0 Å². The zero-order chi connectivity index (χ0) is 25.2. The van der Waals surface area contributed by atoms with Crippen molar-refractivity contribution >= 4 is 33.7 Å². The molecule has 1 N–H and O–H groups in total. The highest BCUT2D eigenvalue weighted by molar-refractivity contribution is 6.17. The maximum Gasteiger partial charge on any atom is 0.254 e. The van der Waals surface area contributed by atoms with Crippen LogP contribution in [0.3, 0.4) is 0 Å². The second-order valence-corrected chi connectivity index (χ2v) is 9.08. The average molecular weight is 493 g/mol. The molecule has 1 aliphatic heterocycles. The second-order valence-electron chi connectivity index (χ2n) is 9.08. The number of anilines is 1. The highest BCUT2D eigenvalue weighted by Crippen LogP contribution is 2.32. The Morgan fingerprint density at radius 1 is 1.03 bits per heavy atom. The summed E-state index contributed by atoms with van der Waals surface area (Å²) in [4.78, 5) is 32.2. The molecule has 5 rings (SSSR count). The number of aromatic nitrogens is 3. The molecule has 0 bridgehead atoms. The zero-order valence-corrected chi connectivity index (χ0v) is 20.6. The number of halogens is 2. The Morgan fingerprint density at radius 3 is 2.53 bits per heavy atom. The summed E-state index contributed by atoms with van der Waals surface area (Å²) in [5.74, 6) is -0.783. The van der Waals surface area contributed by atoms with Crippen LogP contribution in [0.15, 0.2) is 42.7 Å². The minimum Gasteiger partial charge on any atom is -0.352 e. The summed E-state index contributed by atoms with van der Waals surface area (Å²) in [7, 11) is 0. The van der Waals surface area contributed by atoms with Gasteiger partial charge in [-0.2, -0.15) is 0 Å². The summed E-state index contributed by atoms with van der Waals surface area (Å²) >= 11 is 0. The lowest BCUT2D eigenvalue weighted by molar-refractivity contribution is 0.0775. The molecule has 3 heterocycles. The minimum absolute atomic E-state index is 0.00122. The summed E-state index contributed by atoms with van der Waals surface area (Å²) in [6, 6.07) is 9.83. The molecule has 1 saturated heterocycles. The third-order valence-corrected chi connectivity index (χ3v) is 7.04. The largest absolute Gasteiger partial charge is 0.352 e. The van der Waals surface area contributed by atoms with Crippen LogP contribution in [0.1, 0.15) is 29.8 Å². The van der Waals surface area contributed by atoms with Gasteiger partial charge in [0.25, 0.3) is 5.91 Å². The van der Waals surface area contributed by atoms with Crippen LogP contribution in [0.25, 0.3) is 21.9 Å². The number of carbonyl (C=O) groups excluding carboxylic acids is 1. The molecule has 1 amide bonds. The average Bonchev–Trinajstić information content (AvgIpc) is 3.29. The van der Waals surface area contributed by atoms with Crippen molar-refractivity contribution in [3.63, 3.8) is 0 Å². The van der Waals surface area contributed by atoms with Gasteiger partial charge in [0, 0.05) is 56.7 Å². The van der Waals surface area contributed by atoms with E-state index in [1.165, 1.54) is 12.1 Å². The van der Waals surface area contributed by atoms with E-state index in [0.29, 0.717) is 25.1 Å². The lowest BCUT2D eigenvalue weighted by Gasteiger charge is -2.35. The molecule has 0 unspecified atom stereocenters. The number of hydrogen-bond donors (Lipinski definition) is 1. The molecular weight excluding hydrogens is 462 g/mol. The van der Waals surface area contributed by atoms with Crippen LogP contribution in [-0.2, 0) is 6.42 Å². The van der Waals surface area contributed by atoms with Crippen molar-refractivity contribution in [2.45, 2.75) is 20.3 Å². The number of rotatable bonds is 7. The Hall–Kier alpha value is -3.59. The standard InChI is InChI=1S/C27H30F2N6O/c1-3-34(4-2)27(36)19-6-5-7-22-23(19)24-25(32-22)26(31-17-30-24)35-14-12-33(13-15-35)11-10-18-8-9-20(28)21(29)16-18/h5-9,16-17,32H,3-4,10-15H2,1-2H3. The van der Waals surface area contributed by atoms with E-state index >= 15 is 0 Å². The number of benzene rings is 2. The molecule has 7 nitrogen and oxygen atoms in total. The Bertz CT molecular complexity index is 1390. The topological polar surface area (TPSA) is 68.4 Å². The number of carbonyl (C=O) groups is 1. The zero-order valence-electron chi connectivity index (χ0n) is 20.6. The van der Waals surface area contributed by atoms with E-state index in [-0.39, 0.29) is 5.91 Å². The summed E-state index contributed by atoms with van der Waals surface area (Å²) in [5, 5.41) is 0.832. The Labute approximate surface area is 208 Å². The minimum atomic E-state index is -0.815. The van der Waals surface area contributed by atoms with Crippen LogP contribution in [0.4, 0.5) is 14.6 Å². The number of H-pyrrole nitrogens is 1. The van der Waals surface area contributed by atoms with Gasteiger partial charge in [-0.15, -0.1) is 0 Å². The summed E-state index contributed by atoms with van der Waals surface area (Å²) in [6.45, 7) is 9.27. The Morgan fingerprint density at radius 2 is 1.81 bits per heavy atom. The number of nitrogens with one attached hydrogen (secondary N) is 1. The van der Waals surface area contributed by atoms with Gasteiger partial charge in [-0.3, -0.25) is 9.69 Å². The van der Waals surface area contributed by atoms with Crippen molar-refractivity contribution < 1.29 is 13.6 Å². The Balaban J connectivity index is 1.35. The maximum absolute atomic E-state index is 13.5. The SMILES string of the molecule is CCN(CC)C(=O)c1cccc2[nH]c3c(N4CCN(CCc5ccc(F)c(F)c5)CC4)ncnc3c12. The van der Waals surface area contributed by atoms with E-state index in [1.807, 2.05) is 36.9 Å². The molecule has 2 aromatic heterocycles. The van der Waals surface area contributed by atoms with Crippen LogP contribution < -0.4 is 4.90 Å². The van der Waals surface area contributed by atoms with E-state index in [2.05, 4.69) is 24.8 Å². The monoisotopic (exact) mass is 492 g/mol. The molecule has 9 heteroatoms. The summed E-state index contributed by atoms with van der Waals surface area (Å²) in [5.41, 5.74) is 3.90. The normalized spacial score (nSPS) is 14.6.